The predicted octanol–water partition coefficient (Wildman–Crippen LogP) is 0.455. The zero-order chi connectivity index (χ0) is 14.3. The van der Waals surface area contributed by atoms with Gasteiger partial charge in [-0.05, 0) is 5.56 Å². The van der Waals surface area contributed by atoms with Crippen molar-refractivity contribution >= 4 is 17.8 Å². The van der Waals surface area contributed by atoms with Crippen molar-refractivity contribution in [3.8, 4) is 0 Å². The molecule has 1 aromatic carbocycles. The average molecular weight is 264 g/mol. The molecule has 1 aromatic rings. The highest BCUT2D eigenvalue weighted by atomic mass is 16.4. The minimum atomic E-state index is -1.13. The molecule has 0 spiro atoms. The van der Waals surface area contributed by atoms with Crippen LogP contribution in [0.1, 0.15) is 24.9 Å². The zero-order valence-electron chi connectivity index (χ0n) is 10.6. The van der Waals surface area contributed by atoms with Crippen LogP contribution in [0.3, 0.4) is 0 Å². The molecule has 0 heterocycles. The van der Waals surface area contributed by atoms with Gasteiger partial charge in [-0.2, -0.15) is 0 Å². The van der Waals surface area contributed by atoms with Crippen molar-refractivity contribution in [3.63, 3.8) is 0 Å². The van der Waals surface area contributed by atoms with Crippen LogP contribution in [0.15, 0.2) is 30.3 Å². The molecule has 0 saturated carbocycles. The number of nitrogens with one attached hydrogen (secondary N) is 2. The third kappa shape index (κ3) is 5.20. The Morgan fingerprint density at radius 2 is 1.84 bits per heavy atom. The van der Waals surface area contributed by atoms with Gasteiger partial charge in [-0.25, -0.2) is 4.79 Å². The molecular formula is C13H16N2O4. The van der Waals surface area contributed by atoms with E-state index in [0.717, 1.165) is 0 Å². The summed E-state index contributed by atoms with van der Waals surface area (Å²) in [6, 6.07) is 7.36. The Kier molecular flexibility index (Phi) is 5.53. The van der Waals surface area contributed by atoms with Gasteiger partial charge in [0.25, 0.3) is 0 Å². The molecule has 0 radical (unpaired) electrons. The maximum Gasteiger partial charge on any atom is 0.330 e. The standard InChI is InChI=1S/C13H16N2O4/c1-9(16)14-8-7-11(17)15-12(13(18)19)10-5-3-2-4-6-10/h2-6,12H,7-8H2,1H3,(H,14,16)(H,15,17)(H,18,19)/t12-/m0/s1. The number of hydrogen-bond donors (Lipinski definition) is 3. The van der Waals surface area contributed by atoms with Crippen LogP contribution in [-0.4, -0.2) is 29.4 Å². The SMILES string of the molecule is CC(=O)NCCC(=O)N[C@H](C(=O)O)c1ccccc1. The molecule has 6 heteroatoms. The smallest absolute Gasteiger partial charge is 0.330 e. The lowest BCUT2D eigenvalue weighted by Crippen LogP contribution is -2.35. The topological polar surface area (TPSA) is 95.5 Å². The quantitative estimate of drug-likeness (QED) is 0.695. The van der Waals surface area contributed by atoms with Gasteiger partial charge >= 0.3 is 5.97 Å². The molecule has 2 amide bonds. The summed E-state index contributed by atoms with van der Waals surface area (Å²) in [6.07, 6.45) is 0.0379. The Labute approximate surface area is 110 Å². The Morgan fingerprint density at radius 3 is 2.37 bits per heavy atom. The zero-order valence-corrected chi connectivity index (χ0v) is 10.6. The summed E-state index contributed by atoms with van der Waals surface area (Å²) in [5.74, 6) is -1.78. The number of carboxylic acids is 1. The second kappa shape index (κ2) is 7.15. The summed E-state index contributed by atoms with van der Waals surface area (Å²) < 4.78 is 0. The maximum atomic E-state index is 11.6. The van der Waals surface area contributed by atoms with Gasteiger partial charge in [-0.3, -0.25) is 9.59 Å². The van der Waals surface area contributed by atoms with E-state index in [2.05, 4.69) is 10.6 Å². The highest BCUT2D eigenvalue weighted by molar-refractivity contribution is 5.85. The molecular weight excluding hydrogens is 248 g/mol. The van der Waals surface area contributed by atoms with Crippen molar-refractivity contribution in [2.24, 2.45) is 0 Å². The van der Waals surface area contributed by atoms with Crippen LogP contribution in [0.2, 0.25) is 0 Å². The molecule has 0 aliphatic rings. The normalized spacial score (nSPS) is 11.4. The van der Waals surface area contributed by atoms with E-state index in [4.69, 9.17) is 5.11 Å². The summed E-state index contributed by atoms with van der Waals surface area (Å²) in [4.78, 5) is 33.4. The molecule has 1 rings (SSSR count). The Hall–Kier alpha value is -2.37. The van der Waals surface area contributed by atoms with E-state index in [1.807, 2.05) is 0 Å². The highest BCUT2D eigenvalue weighted by Gasteiger charge is 2.21. The third-order valence-electron chi connectivity index (χ3n) is 2.41. The van der Waals surface area contributed by atoms with Gasteiger partial charge in [0, 0.05) is 19.9 Å². The van der Waals surface area contributed by atoms with Crippen LogP contribution in [0.4, 0.5) is 0 Å². The van der Waals surface area contributed by atoms with E-state index < -0.39 is 17.9 Å². The van der Waals surface area contributed by atoms with Gasteiger partial charge in [0.15, 0.2) is 6.04 Å². The minimum Gasteiger partial charge on any atom is -0.479 e. The first-order valence-corrected chi connectivity index (χ1v) is 5.82. The monoisotopic (exact) mass is 264 g/mol. The fraction of sp³-hybridized carbons (Fsp3) is 0.308. The number of rotatable bonds is 6. The van der Waals surface area contributed by atoms with E-state index in [1.165, 1.54) is 6.92 Å². The summed E-state index contributed by atoms with van der Waals surface area (Å²) in [7, 11) is 0. The van der Waals surface area contributed by atoms with Crippen molar-refractivity contribution in [3.05, 3.63) is 35.9 Å². The van der Waals surface area contributed by atoms with Crippen LogP contribution in [0, 0.1) is 0 Å². The van der Waals surface area contributed by atoms with Gasteiger partial charge < -0.3 is 15.7 Å². The number of aliphatic carboxylic acids is 1. The van der Waals surface area contributed by atoms with Gasteiger partial charge in [0.2, 0.25) is 11.8 Å². The van der Waals surface area contributed by atoms with E-state index in [-0.39, 0.29) is 18.9 Å². The van der Waals surface area contributed by atoms with Crippen LogP contribution in [0.5, 0.6) is 0 Å². The molecule has 102 valence electrons. The molecule has 19 heavy (non-hydrogen) atoms. The second-order valence-electron chi connectivity index (χ2n) is 3.98. The fourth-order valence-electron chi connectivity index (χ4n) is 1.52. The number of carbonyl (C=O) groups excluding carboxylic acids is 2. The summed E-state index contributed by atoms with van der Waals surface area (Å²) in [5, 5.41) is 14.0. The number of amides is 2. The van der Waals surface area contributed by atoms with Crippen LogP contribution in [-0.2, 0) is 14.4 Å². The molecule has 0 bridgehead atoms. The van der Waals surface area contributed by atoms with Gasteiger partial charge in [0.1, 0.15) is 0 Å². The maximum absolute atomic E-state index is 11.6. The molecule has 0 fully saturated rings. The average Bonchev–Trinajstić information content (AvgIpc) is 2.36. The van der Waals surface area contributed by atoms with Crippen LogP contribution >= 0.6 is 0 Å². The van der Waals surface area contributed by atoms with E-state index in [0.29, 0.717) is 5.56 Å². The molecule has 0 aliphatic heterocycles. The second-order valence-corrected chi connectivity index (χ2v) is 3.98. The lowest BCUT2D eigenvalue weighted by Gasteiger charge is -2.14. The predicted molar refractivity (Wildman–Crippen MR) is 68.3 cm³/mol. The molecule has 0 aliphatic carbocycles. The first kappa shape index (κ1) is 14.7. The first-order valence-electron chi connectivity index (χ1n) is 5.82. The van der Waals surface area contributed by atoms with Crippen molar-refractivity contribution in [2.45, 2.75) is 19.4 Å². The van der Waals surface area contributed by atoms with Crippen molar-refractivity contribution in [1.82, 2.24) is 10.6 Å². The molecule has 0 saturated heterocycles. The number of carbonyl (C=O) groups is 3. The Morgan fingerprint density at radius 1 is 1.21 bits per heavy atom. The molecule has 1 atom stereocenters. The van der Waals surface area contributed by atoms with Crippen molar-refractivity contribution in [1.29, 1.82) is 0 Å². The van der Waals surface area contributed by atoms with E-state index in [1.54, 1.807) is 30.3 Å². The Balaban J connectivity index is 2.57. The Bertz CT molecular complexity index is 459. The third-order valence-corrected chi connectivity index (χ3v) is 2.41. The van der Waals surface area contributed by atoms with Crippen molar-refractivity contribution < 1.29 is 19.5 Å². The molecule has 6 nitrogen and oxygen atoms in total. The van der Waals surface area contributed by atoms with E-state index >= 15 is 0 Å². The fourth-order valence-corrected chi connectivity index (χ4v) is 1.52. The number of carboxylic acid groups (broad SMARTS) is 1. The number of benzene rings is 1. The van der Waals surface area contributed by atoms with E-state index in [9.17, 15) is 14.4 Å². The minimum absolute atomic E-state index is 0.0379. The number of hydrogen-bond acceptors (Lipinski definition) is 3. The van der Waals surface area contributed by atoms with Crippen LogP contribution in [0.25, 0.3) is 0 Å². The molecule has 0 unspecified atom stereocenters. The lowest BCUT2D eigenvalue weighted by atomic mass is 10.1. The van der Waals surface area contributed by atoms with Gasteiger partial charge in [-0.15, -0.1) is 0 Å². The summed E-state index contributed by atoms with van der Waals surface area (Å²) >= 11 is 0. The van der Waals surface area contributed by atoms with Crippen molar-refractivity contribution in [2.75, 3.05) is 6.54 Å². The van der Waals surface area contributed by atoms with Gasteiger partial charge in [0.05, 0.1) is 0 Å². The largest absolute Gasteiger partial charge is 0.479 e. The molecule has 0 aromatic heterocycles. The lowest BCUT2D eigenvalue weighted by molar-refractivity contribution is -0.142. The molecule has 3 N–H and O–H groups in total. The van der Waals surface area contributed by atoms with Gasteiger partial charge in [-0.1, -0.05) is 30.3 Å². The van der Waals surface area contributed by atoms with Crippen LogP contribution < -0.4 is 10.6 Å². The first-order chi connectivity index (χ1) is 9.00. The highest BCUT2D eigenvalue weighted by Crippen LogP contribution is 2.12. The summed E-state index contributed by atoms with van der Waals surface area (Å²) in [6.45, 7) is 1.53. The summed E-state index contributed by atoms with van der Waals surface area (Å²) in [5.41, 5.74) is 0.503.